The maximum absolute atomic E-state index is 12.9. The van der Waals surface area contributed by atoms with Crippen molar-refractivity contribution in [3.05, 3.63) is 34.6 Å². The third-order valence-electron chi connectivity index (χ3n) is 3.42. The number of benzene rings is 1. The van der Waals surface area contributed by atoms with Gasteiger partial charge in [0.2, 0.25) is 0 Å². The minimum atomic E-state index is -0.712. The molecule has 1 aliphatic heterocycles. The number of ether oxygens (including phenoxy) is 1. The van der Waals surface area contributed by atoms with Gasteiger partial charge in [0.05, 0.1) is 0 Å². The van der Waals surface area contributed by atoms with Crippen LogP contribution in [0.1, 0.15) is 31.7 Å². The first-order chi connectivity index (χ1) is 8.51. The maximum atomic E-state index is 12.9. The number of rotatable bonds is 3. The molecule has 0 radical (unpaired) electrons. The fourth-order valence-corrected chi connectivity index (χ4v) is 2.41. The molecular weight excluding hydrogens is 255 g/mol. The fraction of sp³-hybridized carbons (Fsp3) is 0.500. The summed E-state index contributed by atoms with van der Waals surface area (Å²) in [5, 5.41) is 0.294. The lowest BCUT2D eigenvalue weighted by molar-refractivity contribution is -0.147. The molecule has 0 bridgehead atoms. The van der Waals surface area contributed by atoms with Gasteiger partial charge in [-0.25, -0.2) is 4.39 Å². The van der Waals surface area contributed by atoms with E-state index in [1.54, 1.807) is 6.07 Å². The van der Waals surface area contributed by atoms with Crippen molar-refractivity contribution in [1.82, 2.24) is 0 Å². The predicted molar refractivity (Wildman–Crippen MR) is 68.3 cm³/mol. The Morgan fingerprint density at radius 3 is 2.89 bits per heavy atom. The summed E-state index contributed by atoms with van der Waals surface area (Å²) in [6.07, 6.45) is 2.93. The van der Waals surface area contributed by atoms with Gasteiger partial charge in [0.25, 0.3) is 0 Å². The molecule has 98 valence electrons. The van der Waals surface area contributed by atoms with E-state index in [-0.39, 0.29) is 12.2 Å². The number of carbonyl (C=O) groups excluding carboxylic acids is 1. The summed E-state index contributed by atoms with van der Waals surface area (Å²) in [4.78, 5) is 12.2. The fourth-order valence-electron chi connectivity index (χ4n) is 2.18. The van der Waals surface area contributed by atoms with Gasteiger partial charge in [-0.15, -0.1) is 0 Å². The zero-order valence-electron chi connectivity index (χ0n) is 10.3. The van der Waals surface area contributed by atoms with Crippen LogP contribution >= 0.6 is 11.6 Å². The van der Waals surface area contributed by atoms with E-state index >= 15 is 0 Å². The highest BCUT2D eigenvalue weighted by Gasteiger charge is 2.35. The van der Waals surface area contributed by atoms with Gasteiger partial charge < -0.3 is 4.74 Å². The van der Waals surface area contributed by atoms with Crippen molar-refractivity contribution >= 4 is 17.4 Å². The first-order valence-electron chi connectivity index (χ1n) is 6.12. The van der Waals surface area contributed by atoms with Crippen LogP contribution in [0.4, 0.5) is 4.39 Å². The molecule has 0 amide bonds. The van der Waals surface area contributed by atoms with Crippen LogP contribution in [0.3, 0.4) is 0 Å². The molecule has 4 heteroatoms. The molecule has 1 unspecified atom stereocenters. The maximum Gasteiger partial charge on any atom is 0.168 e. The standard InChI is InChI=1S/C14H16ClFO2/c1-14(6-2-3-7-18-14)13(17)8-10-4-5-11(16)9-12(10)15/h4-5,9H,2-3,6-8H2,1H3. The van der Waals surface area contributed by atoms with Crippen molar-refractivity contribution in [1.29, 1.82) is 0 Å². The van der Waals surface area contributed by atoms with Crippen molar-refractivity contribution < 1.29 is 13.9 Å². The van der Waals surface area contributed by atoms with Crippen molar-refractivity contribution in [2.24, 2.45) is 0 Å². The largest absolute Gasteiger partial charge is 0.367 e. The quantitative estimate of drug-likeness (QED) is 0.840. The second-order valence-electron chi connectivity index (χ2n) is 4.87. The van der Waals surface area contributed by atoms with Crippen molar-refractivity contribution in [2.75, 3.05) is 6.61 Å². The van der Waals surface area contributed by atoms with Crippen molar-refractivity contribution in [3.63, 3.8) is 0 Å². The van der Waals surface area contributed by atoms with Gasteiger partial charge in [0.15, 0.2) is 5.78 Å². The second kappa shape index (κ2) is 5.37. The number of ketones is 1. The van der Waals surface area contributed by atoms with Gasteiger partial charge in [0.1, 0.15) is 11.4 Å². The summed E-state index contributed by atoms with van der Waals surface area (Å²) in [5.74, 6) is -0.382. The Kier molecular flexibility index (Phi) is 4.03. The summed E-state index contributed by atoms with van der Waals surface area (Å²) in [6, 6.07) is 4.11. The smallest absolute Gasteiger partial charge is 0.168 e. The molecule has 0 spiro atoms. The van der Waals surface area contributed by atoms with Gasteiger partial charge in [-0.3, -0.25) is 4.79 Å². The Labute approximate surface area is 111 Å². The molecule has 2 rings (SSSR count). The topological polar surface area (TPSA) is 26.3 Å². The van der Waals surface area contributed by atoms with Crippen molar-refractivity contribution in [3.8, 4) is 0 Å². The molecule has 1 saturated heterocycles. The molecule has 1 atom stereocenters. The number of hydrogen-bond donors (Lipinski definition) is 0. The number of carbonyl (C=O) groups is 1. The summed E-state index contributed by atoms with van der Waals surface area (Å²) < 4.78 is 18.5. The molecule has 0 aliphatic carbocycles. The lowest BCUT2D eigenvalue weighted by Crippen LogP contribution is -2.42. The number of hydrogen-bond acceptors (Lipinski definition) is 2. The Bertz CT molecular complexity index is 453. The van der Waals surface area contributed by atoms with Crippen LogP contribution in [0.15, 0.2) is 18.2 Å². The number of halogens is 2. The minimum absolute atomic E-state index is 0.00991. The van der Waals surface area contributed by atoms with Crippen LogP contribution in [-0.2, 0) is 16.0 Å². The Hall–Kier alpha value is -0.930. The first kappa shape index (κ1) is 13.5. The summed E-state index contributed by atoms with van der Waals surface area (Å²) in [7, 11) is 0. The van der Waals surface area contributed by atoms with Crippen LogP contribution in [0.2, 0.25) is 5.02 Å². The van der Waals surface area contributed by atoms with Crippen LogP contribution in [0.5, 0.6) is 0 Å². The Morgan fingerprint density at radius 1 is 1.50 bits per heavy atom. The van der Waals surface area contributed by atoms with E-state index in [0.717, 1.165) is 19.3 Å². The zero-order chi connectivity index (χ0) is 13.2. The van der Waals surface area contributed by atoms with Gasteiger partial charge in [-0.05, 0) is 43.9 Å². The van der Waals surface area contributed by atoms with Crippen LogP contribution < -0.4 is 0 Å². The monoisotopic (exact) mass is 270 g/mol. The minimum Gasteiger partial charge on any atom is -0.367 e. The molecule has 1 heterocycles. The molecule has 1 aromatic rings. The molecule has 0 saturated carbocycles. The molecule has 1 fully saturated rings. The SMILES string of the molecule is CC1(C(=O)Cc2ccc(F)cc2Cl)CCCCO1. The highest BCUT2D eigenvalue weighted by Crippen LogP contribution is 2.28. The van der Waals surface area contributed by atoms with Crippen LogP contribution in [0.25, 0.3) is 0 Å². The third kappa shape index (κ3) is 2.90. The van der Waals surface area contributed by atoms with Gasteiger partial charge in [-0.2, -0.15) is 0 Å². The lowest BCUT2D eigenvalue weighted by Gasteiger charge is -2.32. The Balaban J connectivity index is 2.11. The van der Waals surface area contributed by atoms with E-state index in [1.165, 1.54) is 12.1 Å². The number of Topliss-reactive ketones (excluding diaryl/α,β-unsaturated/α-hetero) is 1. The van der Waals surface area contributed by atoms with E-state index in [4.69, 9.17) is 16.3 Å². The average Bonchev–Trinajstić information content (AvgIpc) is 2.33. The summed E-state index contributed by atoms with van der Waals surface area (Å²) >= 11 is 5.92. The molecule has 1 aliphatic rings. The zero-order valence-corrected chi connectivity index (χ0v) is 11.1. The van der Waals surface area contributed by atoms with Crippen molar-refractivity contribution in [2.45, 2.75) is 38.2 Å². The second-order valence-corrected chi connectivity index (χ2v) is 5.28. The van der Waals surface area contributed by atoms with E-state index < -0.39 is 11.4 Å². The van der Waals surface area contributed by atoms with Crippen LogP contribution in [-0.4, -0.2) is 18.0 Å². The molecule has 18 heavy (non-hydrogen) atoms. The van der Waals surface area contributed by atoms with E-state index in [0.29, 0.717) is 17.2 Å². The molecule has 0 aromatic heterocycles. The van der Waals surface area contributed by atoms with Gasteiger partial charge >= 0.3 is 0 Å². The average molecular weight is 271 g/mol. The summed E-state index contributed by atoms with van der Waals surface area (Å²) in [5.41, 5.74) is -0.0610. The molecule has 2 nitrogen and oxygen atoms in total. The third-order valence-corrected chi connectivity index (χ3v) is 3.78. The first-order valence-corrected chi connectivity index (χ1v) is 6.50. The van der Waals surface area contributed by atoms with Crippen LogP contribution in [0, 0.1) is 5.82 Å². The van der Waals surface area contributed by atoms with E-state index in [1.807, 2.05) is 6.92 Å². The Morgan fingerprint density at radius 2 is 2.28 bits per heavy atom. The van der Waals surface area contributed by atoms with E-state index in [2.05, 4.69) is 0 Å². The van der Waals surface area contributed by atoms with Gasteiger partial charge in [0, 0.05) is 18.1 Å². The van der Waals surface area contributed by atoms with E-state index in [9.17, 15) is 9.18 Å². The normalized spacial score (nSPS) is 23.9. The molecule has 0 N–H and O–H groups in total. The summed E-state index contributed by atoms with van der Waals surface area (Å²) in [6.45, 7) is 2.45. The highest BCUT2D eigenvalue weighted by atomic mass is 35.5. The van der Waals surface area contributed by atoms with Gasteiger partial charge in [-0.1, -0.05) is 17.7 Å². The molecule has 1 aromatic carbocycles. The lowest BCUT2D eigenvalue weighted by atomic mass is 9.88. The molecular formula is C14H16ClFO2. The highest BCUT2D eigenvalue weighted by molar-refractivity contribution is 6.31. The predicted octanol–water partition coefficient (Wildman–Crippen LogP) is 3.55.